The fourth-order valence-corrected chi connectivity index (χ4v) is 2.93. The molecule has 1 aromatic rings. The Bertz CT molecular complexity index is 375. The summed E-state index contributed by atoms with van der Waals surface area (Å²) in [6.45, 7) is 2.78. The van der Waals surface area contributed by atoms with Crippen molar-refractivity contribution in [1.82, 2.24) is 15.1 Å². The van der Waals surface area contributed by atoms with E-state index >= 15 is 0 Å². The molecule has 0 aliphatic carbocycles. The number of aromatic nitrogens is 2. The largest absolute Gasteiger partial charge is 0.383 e. The van der Waals surface area contributed by atoms with Gasteiger partial charge in [-0.25, -0.2) is 0 Å². The van der Waals surface area contributed by atoms with Crippen LogP contribution in [0, 0.1) is 0 Å². The third kappa shape index (κ3) is 2.70. The molecular formula is C11H18BrN3O2. The molecule has 0 saturated carbocycles. The Morgan fingerprint density at radius 1 is 1.71 bits per heavy atom. The van der Waals surface area contributed by atoms with Crippen molar-refractivity contribution in [3.63, 3.8) is 0 Å². The average molecular weight is 304 g/mol. The first kappa shape index (κ1) is 13.0. The third-order valence-electron chi connectivity index (χ3n) is 3.10. The highest BCUT2D eigenvalue weighted by molar-refractivity contribution is 9.10. The summed E-state index contributed by atoms with van der Waals surface area (Å²) in [4.78, 5) is 0. The number of β-amino-alcohol motifs (C(OH)–C–C–N with tert-alkyl or cyclic N) is 1. The minimum atomic E-state index is -0.832. The molecule has 2 heterocycles. The molecule has 1 fully saturated rings. The third-order valence-corrected chi connectivity index (χ3v) is 3.68. The number of hydrogen-bond donors (Lipinski definition) is 2. The quantitative estimate of drug-likeness (QED) is 0.866. The van der Waals surface area contributed by atoms with Gasteiger partial charge in [-0.05, 0) is 35.3 Å². The van der Waals surface area contributed by atoms with E-state index in [0.29, 0.717) is 19.7 Å². The minimum absolute atomic E-state index is 0.574. The average Bonchev–Trinajstić information content (AvgIpc) is 2.69. The topological polar surface area (TPSA) is 59.3 Å². The van der Waals surface area contributed by atoms with Gasteiger partial charge in [-0.15, -0.1) is 0 Å². The van der Waals surface area contributed by atoms with Crippen LogP contribution in [0.15, 0.2) is 10.7 Å². The van der Waals surface area contributed by atoms with Crippen LogP contribution in [0.2, 0.25) is 0 Å². The van der Waals surface area contributed by atoms with Crippen LogP contribution in [-0.4, -0.2) is 41.7 Å². The maximum atomic E-state index is 10.7. The number of halogens is 1. The fraction of sp³-hybridized carbons (Fsp3) is 0.727. The molecule has 1 unspecified atom stereocenters. The van der Waals surface area contributed by atoms with E-state index in [4.69, 9.17) is 4.74 Å². The van der Waals surface area contributed by atoms with E-state index in [2.05, 4.69) is 26.3 Å². The molecule has 0 bridgehead atoms. The Hall–Kier alpha value is -0.430. The Kier molecular flexibility index (Phi) is 4.19. The van der Waals surface area contributed by atoms with Crippen molar-refractivity contribution in [3.05, 3.63) is 16.4 Å². The summed E-state index contributed by atoms with van der Waals surface area (Å²) in [6.07, 6.45) is 3.47. The van der Waals surface area contributed by atoms with Crippen LogP contribution in [0.5, 0.6) is 0 Å². The van der Waals surface area contributed by atoms with Gasteiger partial charge in [-0.1, -0.05) is 0 Å². The number of hydrogen-bond acceptors (Lipinski definition) is 4. The molecule has 1 saturated heterocycles. The van der Waals surface area contributed by atoms with Crippen molar-refractivity contribution >= 4 is 15.9 Å². The summed E-state index contributed by atoms with van der Waals surface area (Å²) in [5.74, 6) is 0. The second kappa shape index (κ2) is 5.48. The standard InChI is InChI=1S/C11H18BrN3O2/c1-17-6-5-15-10(9(12)7-14-15)11(16)3-2-4-13-8-11/h7,13,16H,2-6,8H2,1H3. The van der Waals surface area contributed by atoms with Crippen LogP contribution in [0.3, 0.4) is 0 Å². The van der Waals surface area contributed by atoms with Crippen molar-refractivity contribution in [2.45, 2.75) is 25.0 Å². The number of piperidine rings is 1. The van der Waals surface area contributed by atoms with Crippen molar-refractivity contribution in [2.75, 3.05) is 26.8 Å². The van der Waals surface area contributed by atoms with Crippen LogP contribution in [-0.2, 0) is 16.9 Å². The molecule has 1 aliphatic heterocycles. The highest BCUT2D eigenvalue weighted by Gasteiger charge is 2.36. The smallest absolute Gasteiger partial charge is 0.120 e. The molecule has 0 spiro atoms. The second-order valence-electron chi connectivity index (χ2n) is 4.37. The first-order valence-electron chi connectivity index (χ1n) is 5.81. The van der Waals surface area contributed by atoms with Crippen molar-refractivity contribution in [1.29, 1.82) is 0 Å². The molecule has 5 nitrogen and oxygen atoms in total. The van der Waals surface area contributed by atoms with Crippen LogP contribution in [0.1, 0.15) is 18.5 Å². The molecule has 2 N–H and O–H groups in total. The fourth-order valence-electron chi connectivity index (χ4n) is 2.26. The van der Waals surface area contributed by atoms with Gasteiger partial charge in [0.25, 0.3) is 0 Å². The van der Waals surface area contributed by atoms with Gasteiger partial charge in [0.05, 0.1) is 29.5 Å². The summed E-state index contributed by atoms with van der Waals surface area (Å²) in [5.41, 5.74) is 0.0168. The van der Waals surface area contributed by atoms with Gasteiger partial charge in [0.2, 0.25) is 0 Å². The van der Waals surface area contributed by atoms with Gasteiger partial charge in [-0.2, -0.15) is 5.10 Å². The lowest BCUT2D eigenvalue weighted by molar-refractivity contribution is 0.00226. The Balaban J connectivity index is 2.25. The second-order valence-corrected chi connectivity index (χ2v) is 5.22. The van der Waals surface area contributed by atoms with E-state index in [1.54, 1.807) is 13.3 Å². The predicted molar refractivity (Wildman–Crippen MR) is 67.8 cm³/mol. The predicted octanol–water partition coefficient (Wildman–Crippen LogP) is 0.863. The van der Waals surface area contributed by atoms with Gasteiger partial charge in [0.1, 0.15) is 5.60 Å². The number of ether oxygens (including phenoxy) is 1. The highest BCUT2D eigenvalue weighted by atomic mass is 79.9. The molecule has 1 atom stereocenters. The number of aliphatic hydroxyl groups is 1. The lowest BCUT2D eigenvalue weighted by Crippen LogP contribution is -2.45. The maximum Gasteiger partial charge on any atom is 0.120 e. The van der Waals surface area contributed by atoms with Gasteiger partial charge >= 0.3 is 0 Å². The van der Waals surface area contributed by atoms with E-state index in [9.17, 15) is 5.11 Å². The maximum absolute atomic E-state index is 10.7. The number of rotatable bonds is 4. The van der Waals surface area contributed by atoms with E-state index in [0.717, 1.165) is 29.6 Å². The zero-order valence-electron chi connectivity index (χ0n) is 9.95. The molecule has 17 heavy (non-hydrogen) atoms. The summed E-state index contributed by atoms with van der Waals surface area (Å²) in [6, 6.07) is 0. The van der Waals surface area contributed by atoms with Gasteiger partial charge < -0.3 is 15.2 Å². The van der Waals surface area contributed by atoms with E-state index in [1.807, 2.05) is 4.68 Å². The molecule has 2 rings (SSSR count). The molecule has 0 amide bonds. The van der Waals surface area contributed by atoms with Gasteiger partial charge in [-0.3, -0.25) is 4.68 Å². The number of nitrogens with zero attached hydrogens (tertiary/aromatic N) is 2. The first-order chi connectivity index (χ1) is 8.17. The summed E-state index contributed by atoms with van der Waals surface area (Å²) < 4.78 is 7.74. The van der Waals surface area contributed by atoms with Crippen LogP contribution in [0.25, 0.3) is 0 Å². The number of methoxy groups -OCH3 is 1. The zero-order chi connectivity index (χ0) is 12.3. The van der Waals surface area contributed by atoms with E-state index in [-0.39, 0.29) is 0 Å². The van der Waals surface area contributed by atoms with Crippen LogP contribution in [0.4, 0.5) is 0 Å². The molecule has 0 aromatic carbocycles. The van der Waals surface area contributed by atoms with Gasteiger partial charge in [0.15, 0.2) is 0 Å². The van der Waals surface area contributed by atoms with E-state index in [1.165, 1.54) is 0 Å². The SMILES string of the molecule is COCCn1ncc(Br)c1C1(O)CCCNC1. The van der Waals surface area contributed by atoms with Crippen LogP contribution < -0.4 is 5.32 Å². The Labute approximate surface area is 109 Å². The van der Waals surface area contributed by atoms with Crippen molar-refractivity contribution < 1.29 is 9.84 Å². The lowest BCUT2D eigenvalue weighted by Gasteiger charge is -2.33. The molecule has 1 aliphatic rings. The number of nitrogens with one attached hydrogen (secondary N) is 1. The molecule has 96 valence electrons. The first-order valence-corrected chi connectivity index (χ1v) is 6.60. The highest BCUT2D eigenvalue weighted by Crippen LogP contribution is 2.33. The molecule has 6 heteroatoms. The summed E-state index contributed by atoms with van der Waals surface area (Å²) >= 11 is 3.47. The zero-order valence-corrected chi connectivity index (χ0v) is 11.5. The minimum Gasteiger partial charge on any atom is -0.383 e. The van der Waals surface area contributed by atoms with Crippen molar-refractivity contribution in [3.8, 4) is 0 Å². The van der Waals surface area contributed by atoms with Gasteiger partial charge in [0, 0.05) is 13.7 Å². The van der Waals surface area contributed by atoms with Crippen molar-refractivity contribution in [2.24, 2.45) is 0 Å². The Morgan fingerprint density at radius 3 is 3.18 bits per heavy atom. The normalized spacial score (nSPS) is 25.1. The Morgan fingerprint density at radius 2 is 2.53 bits per heavy atom. The monoisotopic (exact) mass is 303 g/mol. The molecule has 0 radical (unpaired) electrons. The molecular weight excluding hydrogens is 286 g/mol. The summed E-state index contributed by atoms with van der Waals surface area (Å²) in [5, 5.41) is 18.2. The lowest BCUT2D eigenvalue weighted by atomic mass is 9.90. The summed E-state index contributed by atoms with van der Waals surface area (Å²) in [7, 11) is 1.66. The van der Waals surface area contributed by atoms with E-state index < -0.39 is 5.60 Å². The van der Waals surface area contributed by atoms with Crippen LogP contribution >= 0.6 is 15.9 Å². The molecule has 1 aromatic heterocycles.